The second kappa shape index (κ2) is 7.94. The highest BCUT2D eigenvalue weighted by Crippen LogP contribution is 2.23. The fourth-order valence-corrected chi connectivity index (χ4v) is 2.71. The SMILES string of the molecule is COc1nc(NCCc2c(F)cccc2Cl)cc(-c2ccccc2)n1. The second-order valence-electron chi connectivity index (χ2n) is 5.37. The monoisotopic (exact) mass is 357 g/mol. The summed E-state index contributed by atoms with van der Waals surface area (Å²) in [5.74, 6) is 0.303. The van der Waals surface area contributed by atoms with E-state index in [0.717, 1.165) is 11.3 Å². The van der Waals surface area contributed by atoms with Crippen molar-refractivity contribution in [3.8, 4) is 17.3 Å². The van der Waals surface area contributed by atoms with Gasteiger partial charge in [0.15, 0.2) is 0 Å². The predicted molar refractivity (Wildman–Crippen MR) is 97.6 cm³/mol. The number of aromatic nitrogens is 2. The lowest BCUT2D eigenvalue weighted by molar-refractivity contribution is 0.381. The molecule has 2 aromatic carbocycles. The summed E-state index contributed by atoms with van der Waals surface area (Å²) >= 11 is 6.05. The maximum Gasteiger partial charge on any atom is 0.318 e. The lowest BCUT2D eigenvalue weighted by atomic mass is 10.1. The number of benzene rings is 2. The van der Waals surface area contributed by atoms with Crippen LogP contribution in [0.4, 0.5) is 10.2 Å². The first-order chi connectivity index (χ1) is 12.2. The first kappa shape index (κ1) is 17.2. The van der Waals surface area contributed by atoms with Crippen molar-refractivity contribution in [3.63, 3.8) is 0 Å². The van der Waals surface area contributed by atoms with Crippen LogP contribution in [0.3, 0.4) is 0 Å². The van der Waals surface area contributed by atoms with Crippen LogP contribution in [0.5, 0.6) is 6.01 Å². The van der Waals surface area contributed by atoms with Crippen molar-refractivity contribution in [1.82, 2.24) is 9.97 Å². The number of hydrogen-bond acceptors (Lipinski definition) is 4. The van der Waals surface area contributed by atoms with E-state index in [1.165, 1.54) is 13.2 Å². The largest absolute Gasteiger partial charge is 0.467 e. The Morgan fingerprint density at radius 2 is 1.88 bits per heavy atom. The first-order valence-electron chi connectivity index (χ1n) is 7.82. The van der Waals surface area contributed by atoms with Gasteiger partial charge in [0.1, 0.15) is 11.6 Å². The average Bonchev–Trinajstić information content (AvgIpc) is 2.64. The van der Waals surface area contributed by atoms with Crippen LogP contribution >= 0.6 is 11.6 Å². The molecule has 0 amide bonds. The third-order valence-electron chi connectivity index (χ3n) is 3.70. The smallest absolute Gasteiger partial charge is 0.318 e. The highest BCUT2D eigenvalue weighted by Gasteiger charge is 2.09. The number of halogens is 2. The third kappa shape index (κ3) is 4.25. The molecular formula is C19H17ClFN3O. The average molecular weight is 358 g/mol. The Morgan fingerprint density at radius 1 is 1.08 bits per heavy atom. The van der Waals surface area contributed by atoms with Gasteiger partial charge in [-0.05, 0) is 18.6 Å². The predicted octanol–water partition coefficient (Wildman–Crippen LogP) is 4.60. The zero-order valence-corrected chi connectivity index (χ0v) is 14.4. The third-order valence-corrected chi connectivity index (χ3v) is 4.05. The molecule has 0 fully saturated rings. The van der Waals surface area contributed by atoms with Crippen molar-refractivity contribution >= 4 is 17.4 Å². The molecule has 3 aromatic rings. The Morgan fingerprint density at radius 3 is 2.60 bits per heavy atom. The van der Waals surface area contributed by atoms with Gasteiger partial charge >= 0.3 is 6.01 Å². The Bertz CT molecular complexity index is 838. The van der Waals surface area contributed by atoms with Crippen molar-refractivity contribution < 1.29 is 9.13 Å². The molecule has 0 radical (unpaired) electrons. The lowest BCUT2D eigenvalue weighted by Gasteiger charge is -2.10. The van der Waals surface area contributed by atoms with Crippen LogP contribution in [0.15, 0.2) is 54.6 Å². The van der Waals surface area contributed by atoms with Gasteiger partial charge in [-0.2, -0.15) is 9.97 Å². The van der Waals surface area contributed by atoms with E-state index in [2.05, 4.69) is 15.3 Å². The van der Waals surface area contributed by atoms with Crippen LogP contribution in [-0.4, -0.2) is 23.6 Å². The molecule has 3 rings (SSSR count). The molecule has 0 atom stereocenters. The normalized spacial score (nSPS) is 10.5. The second-order valence-corrected chi connectivity index (χ2v) is 5.78. The molecule has 0 aliphatic carbocycles. The summed E-state index contributed by atoms with van der Waals surface area (Å²) in [5, 5.41) is 3.60. The first-order valence-corrected chi connectivity index (χ1v) is 8.20. The molecule has 1 aromatic heterocycles. The molecule has 1 heterocycles. The number of nitrogens with zero attached hydrogens (tertiary/aromatic N) is 2. The summed E-state index contributed by atoms with van der Waals surface area (Å²) in [7, 11) is 1.52. The van der Waals surface area contributed by atoms with Crippen LogP contribution < -0.4 is 10.1 Å². The number of anilines is 1. The number of methoxy groups -OCH3 is 1. The van der Waals surface area contributed by atoms with E-state index >= 15 is 0 Å². The molecule has 0 saturated carbocycles. The molecule has 128 valence electrons. The van der Waals surface area contributed by atoms with E-state index in [0.29, 0.717) is 29.4 Å². The highest BCUT2D eigenvalue weighted by molar-refractivity contribution is 6.31. The summed E-state index contributed by atoms with van der Waals surface area (Å²) in [6, 6.07) is 16.5. The van der Waals surface area contributed by atoms with Gasteiger partial charge in [0.25, 0.3) is 0 Å². The molecular weight excluding hydrogens is 341 g/mol. The number of rotatable bonds is 6. The summed E-state index contributed by atoms with van der Waals surface area (Å²) in [5.41, 5.74) is 2.20. The minimum Gasteiger partial charge on any atom is -0.467 e. The van der Waals surface area contributed by atoms with Crippen molar-refractivity contribution in [3.05, 3.63) is 71.0 Å². The van der Waals surface area contributed by atoms with Crippen molar-refractivity contribution in [2.24, 2.45) is 0 Å². The Labute approximate surface area is 150 Å². The van der Waals surface area contributed by atoms with Gasteiger partial charge in [0.05, 0.1) is 12.8 Å². The van der Waals surface area contributed by atoms with Crippen LogP contribution in [0, 0.1) is 5.82 Å². The maximum atomic E-state index is 13.8. The van der Waals surface area contributed by atoms with Crippen molar-refractivity contribution in [2.75, 3.05) is 19.0 Å². The van der Waals surface area contributed by atoms with E-state index in [9.17, 15) is 4.39 Å². The van der Waals surface area contributed by atoms with Gasteiger partial charge < -0.3 is 10.1 Å². The zero-order valence-electron chi connectivity index (χ0n) is 13.7. The van der Waals surface area contributed by atoms with E-state index in [1.54, 1.807) is 12.1 Å². The summed E-state index contributed by atoms with van der Waals surface area (Å²) < 4.78 is 19.0. The Balaban J connectivity index is 1.76. The van der Waals surface area contributed by atoms with Gasteiger partial charge in [-0.3, -0.25) is 0 Å². The Hall–Kier alpha value is -2.66. The van der Waals surface area contributed by atoms with Gasteiger partial charge in [0, 0.05) is 28.8 Å². The van der Waals surface area contributed by atoms with Crippen LogP contribution in [0.1, 0.15) is 5.56 Å². The fraction of sp³-hybridized carbons (Fsp3) is 0.158. The lowest BCUT2D eigenvalue weighted by Crippen LogP contribution is -2.09. The topological polar surface area (TPSA) is 47.0 Å². The minimum absolute atomic E-state index is 0.271. The van der Waals surface area contributed by atoms with Gasteiger partial charge in [-0.15, -0.1) is 0 Å². The summed E-state index contributed by atoms with van der Waals surface area (Å²) in [6.45, 7) is 0.481. The van der Waals surface area contributed by atoms with Crippen LogP contribution in [0.2, 0.25) is 5.02 Å². The molecule has 6 heteroatoms. The van der Waals surface area contributed by atoms with Gasteiger partial charge in [0.2, 0.25) is 0 Å². The van der Waals surface area contributed by atoms with E-state index < -0.39 is 0 Å². The molecule has 0 spiro atoms. The minimum atomic E-state index is -0.306. The molecule has 1 N–H and O–H groups in total. The van der Waals surface area contributed by atoms with Gasteiger partial charge in [-0.25, -0.2) is 4.39 Å². The fourth-order valence-electron chi connectivity index (χ4n) is 2.45. The Kier molecular flexibility index (Phi) is 5.46. The number of ether oxygens (including phenoxy) is 1. The maximum absolute atomic E-state index is 13.8. The van der Waals surface area contributed by atoms with Crippen molar-refractivity contribution in [2.45, 2.75) is 6.42 Å². The molecule has 0 saturated heterocycles. The molecule has 0 bridgehead atoms. The molecule has 0 aliphatic heterocycles. The molecule has 25 heavy (non-hydrogen) atoms. The summed E-state index contributed by atoms with van der Waals surface area (Å²) in [6.07, 6.45) is 0.443. The van der Waals surface area contributed by atoms with E-state index in [1.807, 2.05) is 36.4 Å². The van der Waals surface area contributed by atoms with E-state index in [-0.39, 0.29) is 11.8 Å². The number of hydrogen-bond donors (Lipinski definition) is 1. The van der Waals surface area contributed by atoms with Crippen LogP contribution in [0.25, 0.3) is 11.3 Å². The number of nitrogens with one attached hydrogen (secondary N) is 1. The summed E-state index contributed by atoms with van der Waals surface area (Å²) in [4.78, 5) is 8.64. The molecule has 4 nitrogen and oxygen atoms in total. The quantitative estimate of drug-likeness (QED) is 0.700. The van der Waals surface area contributed by atoms with Crippen molar-refractivity contribution in [1.29, 1.82) is 0 Å². The highest BCUT2D eigenvalue weighted by atomic mass is 35.5. The van der Waals surface area contributed by atoms with Gasteiger partial charge in [-0.1, -0.05) is 48.0 Å². The standard InChI is InChI=1S/C19H17ClFN3O/c1-25-19-23-17(13-6-3-2-4-7-13)12-18(24-19)22-11-10-14-15(20)8-5-9-16(14)21/h2-9,12H,10-11H2,1H3,(H,22,23,24). The van der Waals surface area contributed by atoms with E-state index in [4.69, 9.17) is 16.3 Å². The van der Waals surface area contributed by atoms with Crippen LogP contribution in [-0.2, 0) is 6.42 Å². The molecule has 0 aliphatic rings. The molecule has 0 unspecified atom stereocenters. The zero-order chi connectivity index (χ0) is 17.6.